The summed E-state index contributed by atoms with van der Waals surface area (Å²) in [5.41, 5.74) is 1.73. The topological polar surface area (TPSA) is 52.1 Å². The van der Waals surface area contributed by atoms with Crippen LogP contribution in [0.2, 0.25) is 0 Å². The summed E-state index contributed by atoms with van der Waals surface area (Å²) in [6, 6.07) is 7.08. The molecule has 0 fully saturated rings. The second-order valence-electron chi connectivity index (χ2n) is 4.24. The molecule has 1 aromatic heterocycles. The summed E-state index contributed by atoms with van der Waals surface area (Å²) in [5, 5.41) is 0. The number of hydrogen-bond acceptors (Lipinski definition) is 4. The third-order valence-corrected chi connectivity index (χ3v) is 2.60. The van der Waals surface area contributed by atoms with Crippen molar-refractivity contribution in [3.8, 4) is 5.75 Å². The van der Waals surface area contributed by atoms with E-state index in [9.17, 15) is 4.79 Å². The quantitative estimate of drug-likeness (QED) is 0.772. The van der Waals surface area contributed by atoms with Gasteiger partial charge in [-0.25, -0.2) is 4.98 Å². The zero-order valence-electron chi connectivity index (χ0n) is 11.1. The Kier molecular flexibility index (Phi) is 4.23. The van der Waals surface area contributed by atoms with E-state index < -0.39 is 0 Å². The molecule has 0 radical (unpaired) electrons. The Hall–Kier alpha value is -2.23. The highest BCUT2D eigenvalue weighted by Gasteiger charge is 2.10. The molecule has 0 aliphatic carbocycles. The number of nitrogens with zero attached hydrogens (tertiary/aromatic N) is 2. The molecule has 0 N–H and O–H groups in total. The first-order valence-corrected chi connectivity index (χ1v) is 6.27. The largest absolute Gasteiger partial charge is 0.494 e. The van der Waals surface area contributed by atoms with Gasteiger partial charge in [0.25, 0.3) is 0 Å². The second kappa shape index (κ2) is 6.09. The average molecular weight is 256 g/mol. The third kappa shape index (κ3) is 3.37. The molecule has 2 rings (SSSR count). The maximum Gasteiger partial charge on any atom is 0.212 e. The molecule has 0 aliphatic heterocycles. The molecule has 0 spiro atoms. The Morgan fingerprint density at radius 1 is 1.16 bits per heavy atom. The molecule has 0 amide bonds. The minimum absolute atomic E-state index is 0.130. The van der Waals surface area contributed by atoms with Crippen molar-refractivity contribution in [2.24, 2.45) is 0 Å². The van der Waals surface area contributed by atoms with Gasteiger partial charge >= 0.3 is 0 Å². The molecule has 4 heteroatoms. The monoisotopic (exact) mass is 256 g/mol. The van der Waals surface area contributed by atoms with Gasteiger partial charge in [0.15, 0.2) is 0 Å². The minimum atomic E-state index is -0.130. The van der Waals surface area contributed by atoms with Gasteiger partial charge in [0.05, 0.1) is 18.5 Å². The number of benzene rings is 1. The van der Waals surface area contributed by atoms with Crippen molar-refractivity contribution in [2.45, 2.75) is 20.3 Å². The summed E-state index contributed by atoms with van der Waals surface area (Å²) in [7, 11) is 0. The molecule has 1 aromatic carbocycles. The first kappa shape index (κ1) is 13.2. The van der Waals surface area contributed by atoms with Crippen LogP contribution >= 0.6 is 0 Å². The number of carbonyl (C=O) groups is 1. The first-order chi connectivity index (χ1) is 9.20. The van der Waals surface area contributed by atoms with Gasteiger partial charge in [-0.05, 0) is 37.6 Å². The molecule has 4 nitrogen and oxygen atoms in total. The van der Waals surface area contributed by atoms with Crippen LogP contribution in [-0.4, -0.2) is 22.4 Å². The van der Waals surface area contributed by atoms with Crippen molar-refractivity contribution in [3.05, 3.63) is 53.6 Å². The van der Waals surface area contributed by atoms with Crippen LogP contribution in [0.25, 0.3) is 0 Å². The Morgan fingerprint density at radius 2 is 1.89 bits per heavy atom. The van der Waals surface area contributed by atoms with Crippen molar-refractivity contribution in [3.63, 3.8) is 0 Å². The van der Waals surface area contributed by atoms with E-state index in [-0.39, 0.29) is 5.78 Å². The van der Waals surface area contributed by atoms with E-state index in [2.05, 4.69) is 9.97 Å². The van der Waals surface area contributed by atoms with E-state index in [4.69, 9.17) is 4.74 Å². The molecule has 0 aliphatic rings. The van der Waals surface area contributed by atoms with E-state index >= 15 is 0 Å². The Balaban J connectivity index is 2.13. The summed E-state index contributed by atoms with van der Waals surface area (Å²) in [5.74, 6) is 0.642. The SMILES string of the molecule is CCCOc1ccc(C(=O)c2cnc(C)cn2)cc1. The lowest BCUT2D eigenvalue weighted by Gasteiger charge is -2.05. The number of aryl methyl sites for hydroxylation is 1. The van der Waals surface area contributed by atoms with Crippen molar-refractivity contribution in [1.29, 1.82) is 0 Å². The van der Waals surface area contributed by atoms with Crippen LogP contribution in [0.15, 0.2) is 36.7 Å². The van der Waals surface area contributed by atoms with Gasteiger partial charge in [0, 0.05) is 11.8 Å². The molecule has 0 saturated heterocycles. The van der Waals surface area contributed by atoms with Crippen LogP contribution in [0.4, 0.5) is 0 Å². The molecule has 2 aromatic rings. The summed E-state index contributed by atoms with van der Waals surface area (Å²) in [6.07, 6.45) is 4.05. The summed E-state index contributed by atoms with van der Waals surface area (Å²) in [6.45, 7) is 4.56. The molecular formula is C15H16N2O2. The fraction of sp³-hybridized carbons (Fsp3) is 0.267. The summed E-state index contributed by atoms with van der Waals surface area (Å²) < 4.78 is 5.47. The highest BCUT2D eigenvalue weighted by atomic mass is 16.5. The predicted molar refractivity (Wildman–Crippen MR) is 72.4 cm³/mol. The van der Waals surface area contributed by atoms with Crippen molar-refractivity contribution >= 4 is 5.78 Å². The molecular weight excluding hydrogens is 240 g/mol. The van der Waals surface area contributed by atoms with Crippen molar-refractivity contribution in [2.75, 3.05) is 6.61 Å². The number of rotatable bonds is 5. The zero-order chi connectivity index (χ0) is 13.7. The molecule has 1 heterocycles. The Morgan fingerprint density at radius 3 is 2.47 bits per heavy atom. The predicted octanol–water partition coefficient (Wildman–Crippen LogP) is 2.80. The van der Waals surface area contributed by atoms with Gasteiger partial charge in [-0.1, -0.05) is 6.92 Å². The molecule has 0 unspecified atom stereocenters. The molecule has 0 bridgehead atoms. The maximum atomic E-state index is 12.1. The van der Waals surface area contributed by atoms with Gasteiger partial charge in [-0.3, -0.25) is 9.78 Å². The molecule has 98 valence electrons. The normalized spacial score (nSPS) is 10.2. The Labute approximate surface area is 112 Å². The van der Waals surface area contributed by atoms with Gasteiger partial charge in [-0.2, -0.15) is 0 Å². The van der Waals surface area contributed by atoms with E-state index in [1.807, 2.05) is 13.8 Å². The maximum absolute atomic E-state index is 12.1. The van der Waals surface area contributed by atoms with E-state index in [0.717, 1.165) is 17.9 Å². The fourth-order valence-electron chi connectivity index (χ4n) is 1.58. The van der Waals surface area contributed by atoms with Gasteiger partial charge in [0.1, 0.15) is 11.4 Å². The smallest absolute Gasteiger partial charge is 0.212 e. The zero-order valence-corrected chi connectivity index (χ0v) is 11.1. The lowest BCUT2D eigenvalue weighted by atomic mass is 10.1. The van der Waals surface area contributed by atoms with E-state index in [1.54, 1.807) is 30.5 Å². The number of aromatic nitrogens is 2. The van der Waals surface area contributed by atoms with Crippen molar-refractivity contribution < 1.29 is 9.53 Å². The van der Waals surface area contributed by atoms with Crippen LogP contribution in [0.1, 0.15) is 35.1 Å². The van der Waals surface area contributed by atoms with E-state index in [0.29, 0.717) is 17.9 Å². The highest BCUT2D eigenvalue weighted by molar-refractivity contribution is 6.07. The standard InChI is InChI=1S/C15H16N2O2/c1-3-8-19-13-6-4-12(5-7-13)15(18)14-10-16-11(2)9-17-14/h4-7,9-10H,3,8H2,1-2H3. The first-order valence-electron chi connectivity index (χ1n) is 6.27. The van der Waals surface area contributed by atoms with Crippen LogP contribution in [0.3, 0.4) is 0 Å². The minimum Gasteiger partial charge on any atom is -0.494 e. The second-order valence-corrected chi connectivity index (χ2v) is 4.24. The van der Waals surface area contributed by atoms with Crippen molar-refractivity contribution in [1.82, 2.24) is 9.97 Å². The average Bonchev–Trinajstić information content (AvgIpc) is 2.46. The number of ketones is 1. The van der Waals surface area contributed by atoms with Crippen LogP contribution < -0.4 is 4.74 Å². The Bertz CT molecular complexity index is 547. The molecule has 0 atom stereocenters. The van der Waals surface area contributed by atoms with E-state index in [1.165, 1.54) is 6.20 Å². The number of carbonyl (C=O) groups excluding carboxylic acids is 1. The molecule has 0 saturated carbocycles. The highest BCUT2D eigenvalue weighted by Crippen LogP contribution is 2.14. The fourth-order valence-corrected chi connectivity index (χ4v) is 1.58. The van der Waals surface area contributed by atoms with Gasteiger partial charge in [-0.15, -0.1) is 0 Å². The van der Waals surface area contributed by atoms with Gasteiger partial charge < -0.3 is 4.74 Å². The molecule has 19 heavy (non-hydrogen) atoms. The van der Waals surface area contributed by atoms with Crippen LogP contribution in [-0.2, 0) is 0 Å². The summed E-state index contributed by atoms with van der Waals surface area (Å²) >= 11 is 0. The lowest BCUT2D eigenvalue weighted by molar-refractivity contribution is 0.103. The van der Waals surface area contributed by atoms with Crippen LogP contribution in [0.5, 0.6) is 5.75 Å². The van der Waals surface area contributed by atoms with Crippen LogP contribution in [0, 0.1) is 6.92 Å². The number of hydrogen-bond donors (Lipinski definition) is 0. The third-order valence-electron chi connectivity index (χ3n) is 2.60. The van der Waals surface area contributed by atoms with Gasteiger partial charge in [0.2, 0.25) is 5.78 Å². The number of ether oxygens (including phenoxy) is 1. The summed E-state index contributed by atoms with van der Waals surface area (Å²) in [4.78, 5) is 20.3. The lowest BCUT2D eigenvalue weighted by Crippen LogP contribution is -2.05.